The summed E-state index contributed by atoms with van der Waals surface area (Å²) in [5.74, 6) is 2.90. The molecule has 3 N–H and O–H groups in total. The molecule has 0 aromatic heterocycles. The second-order valence-electron chi connectivity index (χ2n) is 20.8. The van der Waals surface area contributed by atoms with Crippen LogP contribution in [0.2, 0.25) is 10.0 Å². The Bertz CT molecular complexity index is 3420. The normalized spacial score (nSPS) is 17.0. The number of aromatic hydroxyl groups is 2. The lowest BCUT2D eigenvalue weighted by atomic mass is 9.76. The van der Waals surface area contributed by atoms with Gasteiger partial charge in [-0.2, -0.15) is 0 Å². The van der Waals surface area contributed by atoms with E-state index in [1.807, 2.05) is 84.9 Å². The van der Waals surface area contributed by atoms with Gasteiger partial charge in [0.15, 0.2) is 5.60 Å². The zero-order chi connectivity index (χ0) is 51.5. The highest BCUT2D eigenvalue weighted by Crippen LogP contribution is 2.62. The number of halogens is 3. The van der Waals surface area contributed by atoms with Gasteiger partial charge in [0, 0.05) is 49.3 Å². The Labute approximate surface area is 452 Å². The smallest absolute Gasteiger partial charge is 0.255 e. The third-order valence-electron chi connectivity index (χ3n) is 16.0. The number of benzene rings is 8. The molecule has 11 rings (SSSR count). The van der Waals surface area contributed by atoms with E-state index in [0.29, 0.717) is 44.1 Å². The molecule has 74 heavy (non-hydrogen) atoms. The zero-order valence-corrected chi connectivity index (χ0v) is 45.1. The van der Waals surface area contributed by atoms with Gasteiger partial charge in [0.2, 0.25) is 0 Å². The minimum absolute atomic E-state index is 0.131. The van der Waals surface area contributed by atoms with Crippen LogP contribution in [0, 0.1) is 5.92 Å². The van der Waals surface area contributed by atoms with E-state index in [9.17, 15) is 15.0 Å². The number of unbranched alkanes of at least 4 members (excludes halogenated alkanes) is 2. The van der Waals surface area contributed by atoms with Crippen LogP contribution in [0.15, 0.2) is 150 Å². The van der Waals surface area contributed by atoms with Crippen LogP contribution in [0.5, 0.6) is 23.0 Å². The molecule has 374 valence electrons. The summed E-state index contributed by atoms with van der Waals surface area (Å²) in [6.07, 6.45) is 14.8. The van der Waals surface area contributed by atoms with Gasteiger partial charge in [-0.15, -0.1) is 0 Å². The van der Waals surface area contributed by atoms with Crippen LogP contribution >= 0.6 is 39.1 Å². The average molecular weight is 1080 g/mol. The third-order valence-corrected chi connectivity index (χ3v) is 17.3. The molecule has 6 nitrogen and oxygen atoms in total. The number of fused-ring (bicyclic) bond motifs is 8. The predicted octanol–water partition coefficient (Wildman–Crippen LogP) is 18.4. The van der Waals surface area contributed by atoms with Crippen LogP contribution in [0.25, 0.3) is 50.2 Å². The van der Waals surface area contributed by atoms with Crippen LogP contribution in [0.3, 0.4) is 0 Å². The molecule has 2 aliphatic carbocycles. The van der Waals surface area contributed by atoms with Crippen molar-refractivity contribution in [3.05, 3.63) is 199 Å². The maximum absolute atomic E-state index is 13.7. The van der Waals surface area contributed by atoms with Crippen LogP contribution < -0.4 is 14.8 Å². The van der Waals surface area contributed by atoms with Crippen molar-refractivity contribution in [3.63, 3.8) is 0 Å². The molecule has 8 aromatic carbocycles. The maximum atomic E-state index is 13.7. The Balaban J connectivity index is 0.884. The van der Waals surface area contributed by atoms with Gasteiger partial charge in [0.1, 0.15) is 23.0 Å². The molecule has 0 atom stereocenters. The summed E-state index contributed by atoms with van der Waals surface area (Å²) >= 11 is 18.2. The van der Waals surface area contributed by atoms with Crippen LogP contribution in [-0.2, 0) is 11.0 Å². The van der Waals surface area contributed by atoms with Gasteiger partial charge in [-0.05, 0) is 176 Å². The first-order valence-electron chi connectivity index (χ1n) is 25.8. The molecular formula is C65H58BrCl2NO5. The monoisotopic (exact) mass is 1080 g/mol. The summed E-state index contributed by atoms with van der Waals surface area (Å²) in [7, 11) is 1.68. The van der Waals surface area contributed by atoms with E-state index in [4.69, 9.17) is 32.7 Å². The maximum Gasteiger partial charge on any atom is 0.255 e. The Hall–Kier alpha value is -6.51. The van der Waals surface area contributed by atoms with Crippen molar-refractivity contribution in [3.8, 4) is 56.4 Å². The van der Waals surface area contributed by atoms with E-state index in [1.165, 1.54) is 56.9 Å². The minimum Gasteiger partial charge on any atom is -0.508 e. The Kier molecular flexibility index (Phi) is 13.4. The number of carbonyl (C=O) groups is 1. The second kappa shape index (κ2) is 20.0. The number of phenolic OH excluding ortho intramolecular Hbond substituents is 2. The first-order valence-corrected chi connectivity index (χ1v) is 27.3. The number of anilines is 1. The number of ether oxygens (including phenoxy) is 2. The highest BCUT2D eigenvalue weighted by Gasteiger charge is 2.46. The molecule has 1 aliphatic heterocycles. The molecule has 8 aromatic rings. The number of nitrogens with one attached hydrogen (secondary N) is 1. The van der Waals surface area contributed by atoms with E-state index < -0.39 is 11.0 Å². The molecule has 1 saturated carbocycles. The first-order chi connectivity index (χ1) is 35.8. The van der Waals surface area contributed by atoms with Gasteiger partial charge in [-0.3, -0.25) is 4.79 Å². The zero-order valence-electron chi connectivity index (χ0n) is 42.0. The molecule has 0 radical (unpaired) electrons. The molecule has 3 aliphatic rings. The second-order valence-corrected chi connectivity index (χ2v) is 22.5. The molecule has 0 spiro atoms. The fraction of sp³-hybridized carbons (Fsp3) is 0.246. The number of rotatable bonds is 12. The average Bonchev–Trinajstić information content (AvgIpc) is 3.66. The standard InChI is InChI=1S/C65H58BrCl2NO5/c1-5-6-7-8-38-9-11-39(12-10-38)40-13-15-41(16-14-40)42-17-19-44(20-18-42)63(72)69-48-27-21-43(22-28-48)52-37-54-56-53-35-47(67)36-55(68)57(53)61-51(58(56)64(2,3)59(54)60(66)62(52)73-4)33-34-65(74-61,45-23-29-49(70)30-24-45)46-25-31-50(71)32-26-46/h13-39,70-71H,5-12H2,1-4H3,(H,69,72). The summed E-state index contributed by atoms with van der Waals surface area (Å²) in [5.41, 5.74) is 11.4. The molecule has 0 bridgehead atoms. The minimum atomic E-state index is -1.15. The van der Waals surface area contributed by atoms with Gasteiger partial charge in [0.25, 0.3) is 5.91 Å². The van der Waals surface area contributed by atoms with Crippen molar-refractivity contribution < 1.29 is 24.5 Å². The quantitative estimate of drug-likeness (QED) is 0.106. The van der Waals surface area contributed by atoms with Crippen molar-refractivity contribution >= 4 is 67.6 Å². The SMILES string of the molecule is CCCCCC1CCC(c2ccc(-c3ccc(C(=O)Nc4ccc(-c5cc6c(c(Br)c5OC)C(C)(C)c5c7c(c8c(Cl)cc(Cl)cc8c5-6)OC(c5ccc(O)cc5)(c5ccc(O)cc5)C=C7)cc4)cc3)cc2)CC1. The Morgan fingerprint density at radius 3 is 1.96 bits per heavy atom. The lowest BCUT2D eigenvalue weighted by Crippen LogP contribution is -2.35. The molecule has 0 unspecified atom stereocenters. The van der Waals surface area contributed by atoms with Gasteiger partial charge < -0.3 is 25.0 Å². The van der Waals surface area contributed by atoms with Crippen molar-refractivity contribution in [2.24, 2.45) is 5.92 Å². The molecule has 0 saturated heterocycles. The largest absolute Gasteiger partial charge is 0.508 e. The van der Waals surface area contributed by atoms with E-state index >= 15 is 0 Å². The Morgan fingerprint density at radius 1 is 0.743 bits per heavy atom. The van der Waals surface area contributed by atoms with Crippen molar-refractivity contribution in [1.29, 1.82) is 0 Å². The summed E-state index contributed by atoms with van der Waals surface area (Å²) in [5, 5.41) is 26.2. The molecule has 9 heteroatoms. The van der Waals surface area contributed by atoms with E-state index in [2.05, 4.69) is 78.4 Å². The number of hydrogen-bond acceptors (Lipinski definition) is 5. The van der Waals surface area contributed by atoms with Gasteiger partial charge in [-0.25, -0.2) is 0 Å². The van der Waals surface area contributed by atoms with Crippen LogP contribution in [0.4, 0.5) is 5.69 Å². The van der Waals surface area contributed by atoms with Gasteiger partial charge in [-0.1, -0.05) is 149 Å². The third kappa shape index (κ3) is 8.84. The van der Waals surface area contributed by atoms with Gasteiger partial charge in [0.05, 0.1) is 16.6 Å². The van der Waals surface area contributed by atoms with Gasteiger partial charge >= 0.3 is 0 Å². The fourth-order valence-corrected chi connectivity index (χ4v) is 13.8. The first kappa shape index (κ1) is 49.7. The predicted molar refractivity (Wildman–Crippen MR) is 307 cm³/mol. The number of amides is 1. The van der Waals surface area contributed by atoms with Crippen molar-refractivity contribution in [1.82, 2.24) is 0 Å². The highest BCUT2D eigenvalue weighted by molar-refractivity contribution is 9.10. The Morgan fingerprint density at radius 2 is 1.35 bits per heavy atom. The van der Waals surface area contributed by atoms with Crippen LogP contribution in [-0.4, -0.2) is 23.2 Å². The number of phenols is 2. The van der Waals surface area contributed by atoms with E-state index in [-0.39, 0.29) is 17.4 Å². The number of hydrogen-bond donors (Lipinski definition) is 3. The molecular weight excluding hydrogens is 1030 g/mol. The summed E-state index contributed by atoms with van der Waals surface area (Å²) in [6, 6.07) is 44.6. The fourth-order valence-electron chi connectivity index (χ4n) is 12.1. The molecule has 1 fully saturated rings. The summed E-state index contributed by atoms with van der Waals surface area (Å²) in [4.78, 5) is 13.7. The number of methoxy groups -OCH3 is 1. The highest BCUT2D eigenvalue weighted by atomic mass is 79.9. The molecule has 1 amide bonds. The van der Waals surface area contributed by atoms with Crippen molar-refractivity contribution in [2.75, 3.05) is 12.4 Å². The van der Waals surface area contributed by atoms with E-state index in [1.54, 1.807) is 37.4 Å². The van der Waals surface area contributed by atoms with Crippen LogP contribution in [0.1, 0.15) is 122 Å². The topological polar surface area (TPSA) is 88.0 Å². The van der Waals surface area contributed by atoms with Crippen molar-refractivity contribution in [2.45, 2.75) is 89.1 Å². The van der Waals surface area contributed by atoms with E-state index in [0.717, 1.165) is 77.0 Å². The summed E-state index contributed by atoms with van der Waals surface area (Å²) in [6.45, 7) is 6.70. The lowest BCUT2D eigenvalue weighted by Gasteiger charge is -2.38. The molecule has 1 heterocycles. The summed E-state index contributed by atoms with van der Waals surface area (Å²) < 4.78 is 14.4. The number of carbonyl (C=O) groups excluding carboxylic acids is 1. The lowest BCUT2D eigenvalue weighted by molar-refractivity contribution is 0.102.